The number of amides is 1. The second-order valence-corrected chi connectivity index (χ2v) is 7.87. The summed E-state index contributed by atoms with van der Waals surface area (Å²) in [4.78, 5) is 17.7. The van der Waals surface area contributed by atoms with Crippen LogP contribution in [0.1, 0.15) is 44.5 Å². The zero-order chi connectivity index (χ0) is 18.6. The Labute approximate surface area is 157 Å². The van der Waals surface area contributed by atoms with Gasteiger partial charge in [0.05, 0.1) is 22.8 Å². The Morgan fingerprint density at radius 3 is 2.72 bits per heavy atom. The van der Waals surface area contributed by atoms with Crippen molar-refractivity contribution in [3.05, 3.63) is 46.1 Å². The van der Waals surface area contributed by atoms with Gasteiger partial charge in [0.1, 0.15) is 10.6 Å². The number of nitrogens with one attached hydrogen (secondary N) is 1. The molecule has 2 aromatic rings. The maximum Gasteiger partial charge on any atom is 0.229 e. The van der Waals surface area contributed by atoms with Crippen LogP contribution >= 0.6 is 23.1 Å². The van der Waals surface area contributed by atoms with E-state index in [2.05, 4.69) is 14.8 Å². The van der Waals surface area contributed by atoms with E-state index in [9.17, 15) is 4.79 Å². The molecule has 0 aliphatic rings. The predicted molar refractivity (Wildman–Crippen MR) is 104 cm³/mol. The third-order valence-corrected chi connectivity index (χ3v) is 4.64. The fourth-order valence-corrected chi connectivity index (χ4v) is 2.91. The van der Waals surface area contributed by atoms with E-state index in [1.165, 1.54) is 11.5 Å². The van der Waals surface area contributed by atoms with Crippen LogP contribution in [0.3, 0.4) is 0 Å². The first-order valence-electron chi connectivity index (χ1n) is 7.89. The quantitative estimate of drug-likeness (QED) is 0.598. The molecule has 134 valence electrons. The minimum Gasteiger partial charge on any atom is -0.390 e. The van der Waals surface area contributed by atoms with Crippen molar-refractivity contribution in [3.63, 3.8) is 0 Å². The molecule has 0 atom stereocenters. The van der Waals surface area contributed by atoms with E-state index < -0.39 is 0 Å². The second-order valence-electron chi connectivity index (χ2n) is 6.72. The van der Waals surface area contributed by atoms with Gasteiger partial charge in [0.25, 0.3) is 0 Å². The number of anilines is 1. The molecule has 0 radical (unpaired) electrons. The van der Waals surface area contributed by atoms with Gasteiger partial charge in [-0.05, 0) is 63.3 Å². The minimum absolute atomic E-state index is 0.136. The van der Waals surface area contributed by atoms with Crippen molar-refractivity contribution in [2.45, 2.75) is 46.6 Å². The molecular weight excluding hydrogens is 358 g/mol. The van der Waals surface area contributed by atoms with Gasteiger partial charge in [-0.1, -0.05) is 35.0 Å². The van der Waals surface area contributed by atoms with Gasteiger partial charge in [-0.25, -0.2) is 0 Å². The molecule has 1 N–H and O–H groups in total. The Morgan fingerprint density at radius 2 is 2.12 bits per heavy atom. The van der Waals surface area contributed by atoms with Crippen LogP contribution in [0.5, 0.6) is 0 Å². The molecule has 1 heterocycles. The lowest BCUT2D eigenvalue weighted by Crippen LogP contribution is -2.17. The van der Waals surface area contributed by atoms with Crippen molar-refractivity contribution in [1.82, 2.24) is 4.37 Å². The molecule has 2 rings (SSSR count). The van der Waals surface area contributed by atoms with Gasteiger partial charge >= 0.3 is 0 Å². The number of carbonyl (C=O) groups excluding carboxylic acids is 1. The van der Waals surface area contributed by atoms with E-state index in [0.29, 0.717) is 10.0 Å². The molecule has 0 fully saturated rings. The maximum absolute atomic E-state index is 12.2. The standard InChI is InChI=1S/C18H22ClN3O2S/c1-11(21-24-18(3,4)5)14-8-6-7-13(9-14)10-15(23)20-17-16(19)12(2)22-25-17/h6-9H,10H2,1-5H3,(H,20,23)/b21-11+. The fourth-order valence-electron chi connectivity index (χ4n) is 1.96. The lowest BCUT2D eigenvalue weighted by Gasteiger charge is -2.16. The molecule has 1 aromatic heterocycles. The summed E-state index contributed by atoms with van der Waals surface area (Å²) in [6, 6.07) is 7.68. The van der Waals surface area contributed by atoms with Crippen molar-refractivity contribution in [2.75, 3.05) is 5.32 Å². The van der Waals surface area contributed by atoms with Crippen molar-refractivity contribution < 1.29 is 9.63 Å². The van der Waals surface area contributed by atoms with Crippen LogP contribution in [0.15, 0.2) is 29.4 Å². The highest BCUT2D eigenvalue weighted by Gasteiger charge is 2.13. The van der Waals surface area contributed by atoms with Gasteiger partial charge in [0.15, 0.2) is 0 Å². The maximum atomic E-state index is 12.2. The molecule has 7 heteroatoms. The third-order valence-electron chi connectivity index (χ3n) is 3.21. The summed E-state index contributed by atoms with van der Waals surface area (Å²) in [6.07, 6.45) is 0.245. The van der Waals surface area contributed by atoms with Gasteiger partial charge < -0.3 is 10.2 Å². The van der Waals surface area contributed by atoms with Gasteiger partial charge in [0, 0.05) is 0 Å². The number of halogens is 1. The van der Waals surface area contributed by atoms with E-state index in [4.69, 9.17) is 16.4 Å². The zero-order valence-corrected chi connectivity index (χ0v) is 16.6. The highest BCUT2D eigenvalue weighted by molar-refractivity contribution is 7.11. The van der Waals surface area contributed by atoms with Crippen LogP contribution in [0, 0.1) is 6.92 Å². The summed E-state index contributed by atoms with van der Waals surface area (Å²) in [7, 11) is 0. The zero-order valence-electron chi connectivity index (χ0n) is 15.0. The Kier molecular flexibility index (Phi) is 6.19. The van der Waals surface area contributed by atoms with E-state index >= 15 is 0 Å². The molecule has 1 aromatic carbocycles. The van der Waals surface area contributed by atoms with Crippen molar-refractivity contribution in [1.29, 1.82) is 0 Å². The normalized spacial score (nSPS) is 12.2. The molecule has 0 bridgehead atoms. The van der Waals surface area contributed by atoms with Crippen LogP contribution in [-0.4, -0.2) is 21.6 Å². The lowest BCUT2D eigenvalue weighted by atomic mass is 10.1. The first-order valence-corrected chi connectivity index (χ1v) is 9.04. The second kappa shape index (κ2) is 7.97. The van der Waals surface area contributed by atoms with Gasteiger partial charge in [-0.2, -0.15) is 4.37 Å². The average molecular weight is 380 g/mol. The van der Waals surface area contributed by atoms with Gasteiger partial charge in [-0.15, -0.1) is 0 Å². The first kappa shape index (κ1) is 19.4. The Morgan fingerprint density at radius 1 is 1.40 bits per heavy atom. The van der Waals surface area contributed by atoms with Crippen molar-refractivity contribution >= 4 is 39.8 Å². The number of nitrogens with zero attached hydrogens (tertiary/aromatic N) is 2. The first-order chi connectivity index (χ1) is 11.7. The summed E-state index contributed by atoms with van der Waals surface area (Å²) in [6.45, 7) is 9.51. The Bertz CT molecular complexity index is 794. The molecule has 5 nitrogen and oxygen atoms in total. The monoisotopic (exact) mass is 379 g/mol. The average Bonchev–Trinajstić information content (AvgIpc) is 2.84. The SMILES string of the molecule is C/C(=N\OC(C)(C)C)c1cccc(CC(=O)Nc2snc(C)c2Cl)c1. The van der Waals surface area contributed by atoms with Crippen LogP contribution in [-0.2, 0) is 16.1 Å². The Balaban J connectivity index is 2.06. The molecular formula is C18H22ClN3O2S. The van der Waals surface area contributed by atoms with Gasteiger partial charge in [0.2, 0.25) is 5.91 Å². The molecule has 0 saturated heterocycles. The minimum atomic E-state index is -0.342. The largest absolute Gasteiger partial charge is 0.390 e. The molecule has 25 heavy (non-hydrogen) atoms. The summed E-state index contributed by atoms with van der Waals surface area (Å²) >= 11 is 7.28. The van der Waals surface area contributed by atoms with Crippen LogP contribution in [0.2, 0.25) is 5.02 Å². The summed E-state index contributed by atoms with van der Waals surface area (Å²) in [5, 5.41) is 8.04. The number of hydrogen-bond donors (Lipinski definition) is 1. The number of carbonyl (C=O) groups is 1. The molecule has 0 aliphatic heterocycles. The smallest absolute Gasteiger partial charge is 0.229 e. The molecule has 0 unspecified atom stereocenters. The fraction of sp³-hybridized carbons (Fsp3) is 0.389. The molecule has 0 saturated carbocycles. The lowest BCUT2D eigenvalue weighted by molar-refractivity contribution is -0.115. The summed E-state index contributed by atoms with van der Waals surface area (Å²) in [5.74, 6) is -0.136. The highest BCUT2D eigenvalue weighted by atomic mass is 35.5. The van der Waals surface area contributed by atoms with Crippen molar-refractivity contribution in [2.24, 2.45) is 5.16 Å². The number of benzene rings is 1. The number of oxime groups is 1. The number of rotatable bonds is 5. The number of aromatic nitrogens is 1. The van der Waals surface area contributed by atoms with Crippen molar-refractivity contribution in [3.8, 4) is 0 Å². The van der Waals surface area contributed by atoms with Gasteiger partial charge in [-0.3, -0.25) is 4.79 Å². The van der Waals surface area contributed by atoms with E-state index in [1.54, 1.807) is 6.92 Å². The predicted octanol–water partition coefficient (Wildman–Crippen LogP) is 4.83. The highest BCUT2D eigenvalue weighted by Crippen LogP contribution is 2.29. The van der Waals surface area contributed by atoms with Crippen LogP contribution in [0.25, 0.3) is 0 Å². The number of hydrogen-bond acceptors (Lipinski definition) is 5. The van der Waals surface area contributed by atoms with E-state index in [-0.39, 0.29) is 17.9 Å². The molecule has 0 spiro atoms. The van der Waals surface area contributed by atoms with Crippen LogP contribution in [0.4, 0.5) is 5.00 Å². The summed E-state index contributed by atoms with van der Waals surface area (Å²) in [5.41, 5.74) is 2.94. The third kappa shape index (κ3) is 5.83. The summed E-state index contributed by atoms with van der Waals surface area (Å²) < 4.78 is 4.12. The topological polar surface area (TPSA) is 63.6 Å². The Hall–Kier alpha value is -1.92. The molecule has 0 aliphatic carbocycles. The molecule has 1 amide bonds. The number of aryl methyl sites for hydroxylation is 1. The van der Waals surface area contributed by atoms with E-state index in [1.807, 2.05) is 52.0 Å². The van der Waals surface area contributed by atoms with Crippen LogP contribution < -0.4 is 5.32 Å². The van der Waals surface area contributed by atoms with E-state index in [0.717, 1.165) is 22.5 Å².